The molecule has 2 heteroatoms. The first-order chi connectivity index (χ1) is 4.33. The van der Waals surface area contributed by atoms with E-state index in [9.17, 15) is 4.39 Å². The maximum absolute atomic E-state index is 12.4. The van der Waals surface area contributed by atoms with E-state index in [1.807, 2.05) is 0 Å². The molecule has 1 fully saturated rings. The van der Waals surface area contributed by atoms with Crippen LogP contribution in [-0.4, -0.2) is 18.8 Å². The van der Waals surface area contributed by atoms with E-state index in [0.717, 1.165) is 19.3 Å². The van der Waals surface area contributed by atoms with Crippen molar-refractivity contribution in [2.75, 3.05) is 6.54 Å². The Kier molecular flexibility index (Phi) is 2.46. The zero-order chi connectivity index (χ0) is 6.69. The molecule has 0 bridgehead atoms. The van der Waals surface area contributed by atoms with Gasteiger partial charge in [0.15, 0.2) is 0 Å². The van der Waals surface area contributed by atoms with Gasteiger partial charge in [-0.15, -0.1) is 0 Å². The molecule has 1 saturated heterocycles. The van der Waals surface area contributed by atoms with E-state index in [2.05, 4.69) is 12.2 Å². The largest absolute Gasteiger partial charge is 0.311 e. The van der Waals surface area contributed by atoms with E-state index in [4.69, 9.17) is 0 Å². The zero-order valence-electron chi connectivity index (χ0n) is 5.86. The van der Waals surface area contributed by atoms with Gasteiger partial charge in [-0.2, -0.15) is 0 Å². The van der Waals surface area contributed by atoms with Crippen LogP contribution in [0.2, 0.25) is 0 Å². The molecule has 2 unspecified atom stereocenters. The van der Waals surface area contributed by atoms with Crippen LogP contribution in [0.5, 0.6) is 0 Å². The van der Waals surface area contributed by atoms with E-state index in [0.29, 0.717) is 12.6 Å². The number of hydrogen-bond acceptors (Lipinski definition) is 1. The van der Waals surface area contributed by atoms with Crippen LogP contribution in [0.3, 0.4) is 0 Å². The second-order valence-corrected chi connectivity index (χ2v) is 2.69. The van der Waals surface area contributed by atoms with E-state index >= 15 is 0 Å². The number of alkyl halides is 1. The number of rotatable bonds is 1. The van der Waals surface area contributed by atoms with Gasteiger partial charge in [-0.05, 0) is 19.3 Å². The van der Waals surface area contributed by atoms with Crippen LogP contribution in [0, 0.1) is 0 Å². The quantitative estimate of drug-likeness (QED) is 0.568. The molecule has 2 atom stereocenters. The van der Waals surface area contributed by atoms with Crippen molar-refractivity contribution in [3.8, 4) is 0 Å². The number of hydrogen-bond donors (Lipinski definition) is 1. The Hall–Kier alpha value is -0.110. The molecule has 0 aromatic carbocycles. The lowest BCUT2D eigenvalue weighted by Gasteiger charge is -2.24. The van der Waals surface area contributed by atoms with Crippen molar-refractivity contribution in [1.82, 2.24) is 5.32 Å². The minimum Gasteiger partial charge on any atom is -0.311 e. The maximum Gasteiger partial charge on any atom is 0.113 e. The minimum atomic E-state index is -0.590. The van der Waals surface area contributed by atoms with Gasteiger partial charge in [0, 0.05) is 12.6 Å². The molecule has 0 amide bonds. The molecule has 9 heavy (non-hydrogen) atoms. The van der Waals surface area contributed by atoms with E-state index < -0.39 is 6.17 Å². The fourth-order valence-corrected chi connectivity index (χ4v) is 1.23. The summed E-state index contributed by atoms with van der Waals surface area (Å²) in [6, 6.07) is 0.581. The highest BCUT2D eigenvalue weighted by atomic mass is 19.1. The maximum atomic E-state index is 12.4. The van der Waals surface area contributed by atoms with Crippen LogP contribution in [0.1, 0.15) is 26.2 Å². The summed E-state index contributed by atoms with van der Waals surface area (Å²) in [6.45, 7) is 2.70. The summed E-state index contributed by atoms with van der Waals surface area (Å²) >= 11 is 0. The molecular weight excluding hydrogens is 117 g/mol. The highest BCUT2D eigenvalue weighted by Gasteiger charge is 2.17. The van der Waals surface area contributed by atoms with Crippen LogP contribution >= 0.6 is 0 Å². The Balaban J connectivity index is 2.18. The van der Waals surface area contributed by atoms with Gasteiger partial charge < -0.3 is 5.32 Å². The second-order valence-electron chi connectivity index (χ2n) is 2.69. The summed E-state index contributed by atoms with van der Waals surface area (Å²) < 4.78 is 12.4. The fraction of sp³-hybridized carbons (Fsp3) is 1.00. The molecule has 1 N–H and O–H groups in total. The van der Waals surface area contributed by atoms with Gasteiger partial charge in [-0.1, -0.05) is 6.92 Å². The van der Waals surface area contributed by atoms with Gasteiger partial charge in [-0.25, -0.2) is 4.39 Å². The third kappa shape index (κ3) is 1.94. The van der Waals surface area contributed by atoms with E-state index in [1.54, 1.807) is 0 Å². The fourth-order valence-electron chi connectivity index (χ4n) is 1.23. The molecule has 0 saturated carbocycles. The highest BCUT2D eigenvalue weighted by molar-refractivity contribution is 4.75. The molecule has 1 aliphatic heterocycles. The Morgan fingerprint density at radius 1 is 1.56 bits per heavy atom. The predicted molar refractivity (Wildman–Crippen MR) is 36.2 cm³/mol. The molecule has 1 heterocycles. The smallest absolute Gasteiger partial charge is 0.113 e. The van der Waals surface area contributed by atoms with Gasteiger partial charge in [0.05, 0.1) is 0 Å². The summed E-state index contributed by atoms with van der Waals surface area (Å²) in [5.41, 5.74) is 0. The second kappa shape index (κ2) is 3.16. The van der Waals surface area contributed by atoms with Crippen LogP contribution in [-0.2, 0) is 0 Å². The molecule has 0 aliphatic carbocycles. The number of piperidine rings is 1. The van der Waals surface area contributed by atoms with Gasteiger partial charge in [-0.3, -0.25) is 0 Å². The third-order valence-electron chi connectivity index (χ3n) is 1.95. The monoisotopic (exact) mass is 131 g/mol. The predicted octanol–water partition coefficient (Wildman–Crippen LogP) is 1.49. The van der Waals surface area contributed by atoms with Crippen LogP contribution in [0.15, 0.2) is 0 Å². The zero-order valence-corrected chi connectivity index (χ0v) is 5.86. The molecule has 54 valence electrons. The van der Waals surface area contributed by atoms with Gasteiger partial charge in [0.1, 0.15) is 6.17 Å². The van der Waals surface area contributed by atoms with Gasteiger partial charge in [0.2, 0.25) is 0 Å². The van der Waals surface area contributed by atoms with Crippen LogP contribution in [0.25, 0.3) is 0 Å². The molecule has 1 aliphatic rings. The normalized spacial score (nSPS) is 36.7. The van der Waals surface area contributed by atoms with Crippen molar-refractivity contribution < 1.29 is 4.39 Å². The summed E-state index contributed by atoms with van der Waals surface area (Å²) in [7, 11) is 0. The van der Waals surface area contributed by atoms with Crippen LogP contribution in [0.4, 0.5) is 4.39 Å². The lowest BCUT2D eigenvalue weighted by atomic mass is 10.0. The van der Waals surface area contributed by atoms with Crippen molar-refractivity contribution in [2.45, 2.75) is 38.4 Å². The average Bonchev–Trinajstić information content (AvgIpc) is 1.90. The van der Waals surface area contributed by atoms with Crippen molar-refractivity contribution in [3.63, 3.8) is 0 Å². The summed E-state index contributed by atoms with van der Waals surface area (Å²) in [4.78, 5) is 0. The lowest BCUT2D eigenvalue weighted by molar-refractivity contribution is 0.230. The van der Waals surface area contributed by atoms with Gasteiger partial charge in [0.25, 0.3) is 0 Å². The lowest BCUT2D eigenvalue weighted by Crippen LogP contribution is -2.39. The highest BCUT2D eigenvalue weighted by Crippen LogP contribution is 2.12. The Labute approximate surface area is 55.6 Å². The molecular formula is C7H14FN. The summed E-state index contributed by atoms with van der Waals surface area (Å²) in [5.74, 6) is 0. The Bertz CT molecular complexity index is 77.0. The van der Waals surface area contributed by atoms with Crippen molar-refractivity contribution >= 4 is 0 Å². The molecule has 0 aromatic rings. The van der Waals surface area contributed by atoms with E-state index in [1.165, 1.54) is 0 Å². The standard InChI is InChI=1S/C7H14FN/c1-2-7-4-3-6(8)5-9-7/h6-7,9H,2-5H2,1H3. The Morgan fingerprint density at radius 2 is 2.33 bits per heavy atom. The topological polar surface area (TPSA) is 12.0 Å². The van der Waals surface area contributed by atoms with Crippen molar-refractivity contribution in [2.24, 2.45) is 0 Å². The van der Waals surface area contributed by atoms with E-state index in [-0.39, 0.29) is 0 Å². The first kappa shape index (κ1) is 7.00. The number of nitrogens with one attached hydrogen (secondary N) is 1. The third-order valence-corrected chi connectivity index (χ3v) is 1.95. The first-order valence-corrected chi connectivity index (χ1v) is 3.70. The van der Waals surface area contributed by atoms with Crippen LogP contribution < -0.4 is 5.32 Å². The minimum absolute atomic E-state index is 0.568. The molecule has 0 radical (unpaired) electrons. The Morgan fingerprint density at radius 3 is 2.78 bits per heavy atom. The first-order valence-electron chi connectivity index (χ1n) is 3.70. The summed E-state index contributed by atoms with van der Waals surface area (Å²) in [5, 5.41) is 3.14. The molecule has 0 spiro atoms. The molecule has 0 aromatic heterocycles. The number of halogens is 1. The summed E-state index contributed by atoms with van der Waals surface area (Å²) in [6.07, 6.45) is 2.31. The van der Waals surface area contributed by atoms with Crippen molar-refractivity contribution in [3.05, 3.63) is 0 Å². The van der Waals surface area contributed by atoms with Gasteiger partial charge >= 0.3 is 0 Å². The van der Waals surface area contributed by atoms with Crippen molar-refractivity contribution in [1.29, 1.82) is 0 Å². The molecule has 1 nitrogen and oxygen atoms in total. The molecule has 1 rings (SSSR count). The SMILES string of the molecule is CCC1CCC(F)CN1. The average molecular weight is 131 g/mol.